The fourth-order valence-electron chi connectivity index (χ4n) is 2.85. The molecule has 0 N–H and O–H groups in total. The zero-order valence-electron chi connectivity index (χ0n) is 15.5. The summed E-state index contributed by atoms with van der Waals surface area (Å²) in [7, 11) is 0. The monoisotopic (exact) mass is 423 g/mol. The van der Waals surface area contributed by atoms with Crippen LogP contribution in [-0.2, 0) is 15.8 Å². The van der Waals surface area contributed by atoms with Gasteiger partial charge in [0.15, 0.2) is 0 Å². The molecule has 3 rings (SSSR count). The van der Waals surface area contributed by atoms with Crippen LogP contribution in [0.25, 0.3) is 0 Å². The summed E-state index contributed by atoms with van der Waals surface area (Å²) in [6, 6.07) is 8.10. The number of anilines is 1. The lowest BCUT2D eigenvalue weighted by molar-refractivity contribution is -0.384. The van der Waals surface area contributed by atoms with Gasteiger partial charge in [-0.15, -0.1) is 0 Å². The molecule has 158 valence electrons. The van der Waals surface area contributed by atoms with Crippen LogP contribution in [0.5, 0.6) is 0 Å². The van der Waals surface area contributed by atoms with Gasteiger partial charge < -0.3 is 14.5 Å². The number of oxime groups is 1. The third-order valence-electron chi connectivity index (χ3n) is 4.31. The maximum Gasteiger partial charge on any atom is 0.416 e. The summed E-state index contributed by atoms with van der Waals surface area (Å²) in [6.45, 7) is 1.96. The highest BCUT2D eigenvalue weighted by atomic mass is 19.4. The van der Waals surface area contributed by atoms with E-state index in [4.69, 9.17) is 4.74 Å². The van der Waals surface area contributed by atoms with Gasteiger partial charge in [0.05, 0.1) is 35.5 Å². The van der Waals surface area contributed by atoms with Gasteiger partial charge in [0, 0.05) is 24.7 Å². The molecule has 2 aromatic rings. The van der Waals surface area contributed by atoms with Crippen molar-refractivity contribution in [1.29, 1.82) is 0 Å². The largest absolute Gasteiger partial charge is 0.416 e. The second kappa shape index (κ2) is 8.91. The fraction of sp³-hybridized carbons (Fsp3) is 0.263. The number of hydrogen-bond acceptors (Lipinski definition) is 7. The van der Waals surface area contributed by atoms with E-state index in [0.717, 1.165) is 24.4 Å². The summed E-state index contributed by atoms with van der Waals surface area (Å²) in [4.78, 5) is 29.3. The molecule has 30 heavy (non-hydrogen) atoms. The van der Waals surface area contributed by atoms with Gasteiger partial charge in [-0.1, -0.05) is 17.3 Å². The van der Waals surface area contributed by atoms with Gasteiger partial charge in [0.1, 0.15) is 5.69 Å². The lowest BCUT2D eigenvalue weighted by Gasteiger charge is -2.28. The Morgan fingerprint density at radius 2 is 1.93 bits per heavy atom. The third-order valence-corrected chi connectivity index (χ3v) is 4.31. The molecule has 2 aromatic carbocycles. The van der Waals surface area contributed by atoms with E-state index >= 15 is 0 Å². The van der Waals surface area contributed by atoms with E-state index in [2.05, 4.69) is 9.99 Å². The van der Waals surface area contributed by atoms with E-state index in [-0.39, 0.29) is 16.8 Å². The van der Waals surface area contributed by atoms with Gasteiger partial charge in [-0.25, -0.2) is 4.79 Å². The van der Waals surface area contributed by atoms with Gasteiger partial charge in [0.2, 0.25) is 0 Å². The average molecular weight is 423 g/mol. The highest BCUT2D eigenvalue weighted by molar-refractivity contribution is 5.90. The first-order valence-electron chi connectivity index (χ1n) is 8.79. The summed E-state index contributed by atoms with van der Waals surface area (Å²) < 4.78 is 43.4. The highest BCUT2D eigenvalue weighted by Gasteiger charge is 2.31. The smallest absolute Gasteiger partial charge is 0.378 e. The van der Waals surface area contributed by atoms with Gasteiger partial charge in [0.25, 0.3) is 5.69 Å². The van der Waals surface area contributed by atoms with Crippen molar-refractivity contribution in [2.75, 3.05) is 31.2 Å². The number of nitrogens with zero attached hydrogens (tertiary/aromatic N) is 3. The number of nitro groups is 1. The van der Waals surface area contributed by atoms with Crippen LogP contribution in [0.1, 0.15) is 21.5 Å². The standard InChI is InChI=1S/C19H16F3N3O5/c20-19(21,22)15-3-1-2-14(11-15)18(26)30-23-12-13-4-5-16(17(10-13)25(27)28)24-6-8-29-9-7-24/h1-5,10-12H,6-9H2/b23-12+. The van der Waals surface area contributed by atoms with Crippen molar-refractivity contribution in [3.05, 3.63) is 69.3 Å². The predicted octanol–water partition coefficient (Wildman–Crippen LogP) is 3.64. The van der Waals surface area contributed by atoms with Gasteiger partial charge in [-0.3, -0.25) is 10.1 Å². The molecular formula is C19H16F3N3O5. The van der Waals surface area contributed by atoms with Crippen molar-refractivity contribution in [1.82, 2.24) is 0 Å². The van der Waals surface area contributed by atoms with Crippen molar-refractivity contribution in [2.45, 2.75) is 6.18 Å². The van der Waals surface area contributed by atoms with Crippen molar-refractivity contribution in [2.24, 2.45) is 5.16 Å². The molecule has 0 unspecified atom stereocenters. The molecule has 0 aliphatic carbocycles. The molecule has 1 fully saturated rings. The number of carbonyl (C=O) groups is 1. The Labute approximate surface area is 168 Å². The predicted molar refractivity (Wildman–Crippen MR) is 101 cm³/mol. The molecule has 1 heterocycles. The van der Waals surface area contributed by atoms with Crippen molar-refractivity contribution in [3.8, 4) is 0 Å². The fourth-order valence-corrected chi connectivity index (χ4v) is 2.85. The molecule has 1 aliphatic heterocycles. The van der Waals surface area contributed by atoms with Crippen LogP contribution in [0.3, 0.4) is 0 Å². The molecule has 0 amide bonds. The van der Waals surface area contributed by atoms with E-state index in [1.54, 1.807) is 12.1 Å². The maximum absolute atomic E-state index is 12.7. The minimum absolute atomic E-state index is 0.148. The van der Waals surface area contributed by atoms with E-state index < -0.39 is 22.6 Å². The Kier molecular flexibility index (Phi) is 6.31. The Balaban J connectivity index is 1.72. The Bertz CT molecular complexity index is 972. The number of nitro benzene ring substituents is 1. The van der Waals surface area contributed by atoms with Gasteiger partial charge in [-0.2, -0.15) is 13.2 Å². The number of alkyl halides is 3. The molecule has 8 nitrogen and oxygen atoms in total. The first kappa shape index (κ1) is 21.2. The van der Waals surface area contributed by atoms with E-state index in [9.17, 15) is 28.1 Å². The Morgan fingerprint density at radius 3 is 2.60 bits per heavy atom. The molecule has 0 atom stereocenters. The van der Waals surface area contributed by atoms with E-state index in [1.807, 2.05) is 4.90 Å². The van der Waals surface area contributed by atoms with Crippen LogP contribution in [0, 0.1) is 10.1 Å². The molecule has 0 bridgehead atoms. The number of benzene rings is 2. The molecule has 0 aromatic heterocycles. The second-order valence-electron chi connectivity index (χ2n) is 6.30. The molecule has 0 spiro atoms. The van der Waals surface area contributed by atoms with Crippen molar-refractivity contribution < 1.29 is 32.5 Å². The van der Waals surface area contributed by atoms with Gasteiger partial charge >= 0.3 is 12.1 Å². The van der Waals surface area contributed by atoms with Crippen LogP contribution in [-0.4, -0.2) is 43.4 Å². The molecule has 1 saturated heterocycles. The van der Waals surface area contributed by atoms with Gasteiger partial charge in [-0.05, 0) is 24.3 Å². The van der Waals surface area contributed by atoms with Crippen LogP contribution in [0.15, 0.2) is 47.6 Å². The normalized spacial score (nSPS) is 14.7. The molecule has 11 heteroatoms. The Hall–Kier alpha value is -3.47. The number of ether oxygens (including phenoxy) is 1. The lowest BCUT2D eigenvalue weighted by atomic mass is 10.1. The third kappa shape index (κ3) is 5.11. The minimum Gasteiger partial charge on any atom is -0.378 e. The molecule has 0 radical (unpaired) electrons. The van der Waals surface area contributed by atoms with Crippen molar-refractivity contribution >= 4 is 23.6 Å². The van der Waals surface area contributed by atoms with Crippen LogP contribution >= 0.6 is 0 Å². The van der Waals surface area contributed by atoms with Crippen LogP contribution < -0.4 is 4.90 Å². The molecule has 1 aliphatic rings. The number of halogens is 3. The lowest BCUT2D eigenvalue weighted by Crippen LogP contribution is -2.36. The minimum atomic E-state index is -4.60. The van der Waals surface area contributed by atoms with E-state index in [1.165, 1.54) is 6.07 Å². The topological polar surface area (TPSA) is 94.3 Å². The molecule has 0 saturated carbocycles. The molecular weight excluding hydrogens is 407 g/mol. The maximum atomic E-state index is 12.7. The zero-order chi connectivity index (χ0) is 21.7. The highest BCUT2D eigenvalue weighted by Crippen LogP contribution is 2.30. The quantitative estimate of drug-likeness (QED) is 0.315. The average Bonchev–Trinajstić information content (AvgIpc) is 2.73. The SMILES string of the molecule is O=C(O/N=C/c1ccc(N2CCOCC2)c([N+](=O)[O-])c1)c1cccc(C(F)(F)F)c1. The summed E-state index contributed by atoms with van der Waals surface area (Å²) >= 11 is 0. The Morgan fingerprint density at radius 1 is 1.20 bits per heavy atom. The van der Waals surface area contributed by atoms with E-state index in [0.29, 0.717) is 38.1 Å². The van der Waals surface area contributed by atoms with Crippen LogP contribution in [0.2, 0.25) is 0 Å². The summed E-state index contributed by atoms with van der Waals surface area (Å²) in [5.41, 5.74) is -0.743. The zero-order valence-corrected chi connectivity index (χ0v) is 15.5. The first-order valence-corrected chi connectivity index (χ1v) is 8.79. The van der Waals surface area contributed by atoms with Crippen molar-refractivity contribution in [3.63, 3.8) is 0 Å². The number of carbonyl (C=O) groups excluding carboxylic acids is 1. The first-order chi connectivity index (χ1) is 14.3. The number of rotatable bonds is 5. The number of morpholine rings is 1. The summed E-state index contributed by atoms with van der Waals surface area (Å²) in [6.07, 6.45) is -3.53. The number of hydrogen-bond donors (Lipinski definition) is 0. The second-order valence-corrected chi connectivity index (χ2v) is 6.30. The summed E-state index contributed by atoms with van der Waals surface area (Å²) in [5.74, 6) is -1.09. The summed E-state index contributed by atoms with van der Waals surface area (Å²) in [5, 5.41) is 14.9. The van der Waals surface area contributed by atoms with Crippen LogP contribution in [0.4, 0.5) is 24.5 Å².